The maximum atomic E-state index is 13.5. The van der Waals surface area contributed by atoms with Crippen LogP contribution in [0.2, 0.25) is 0 Å². The predicted octanol–water partition coefficient (Wildman–Crippen LogP) is 2.53. The number of H-pyrrole nitrogens is 1. The lowest BCUT2D eigenvalue weighted by atomic mass is 9.98. The molecule has 1 aromatic carbocycles. The highest BCUT2D eigenvalue weighted by molar-refractivity contribution is 5.90. The minimum atomic E-state index is -0.462. The van der Waals surface area contributed by atoms with Crippen LogP contribution in [-0.2, 0) is 13.5 Å². The highest BCUT2D eigenvalue weighted by atomic mass is 16.4. The van der Waals surface area contributed by atoms with E-state index in [-0.39, 0.29) is 17.7 Å². The smallest absolute Gasteiger partial charge is 0.312 e. The van der Waals surface area contributed by atoms with Crippen molar-refractivity contribution in [3.63, 3.8) is 0 Å². The molecule has 1 N–H and O–H groups in total. The van der Waals surface area contributed by atoms with E-state index in [1.54, 1.807) is 35.4 Å². The number of rotatable bonds is 3. The molecule has 1 amide bonds. The van der Waals surface area contributed by atoms with Gasteiger partial charge < -0.3 is 14.3 Å². The van der Waals surface area contributed by atoms with Gasteiger partial charge in [-0.15, -0.1) is 10.2 Å². The summed E-state index contributed by atoms with van der Waals surface area (Å²) in [6.45, 7) is 0.470. The first-order chi connectivity index (χ1) is 15.7. The van der Waals surface area contributed by atoms with Crippen LogP contribution in [0.3, 0.4) is 0 Å². The van der Waals surface area contributed by atoms with Gasteiger partial charge in [0.2, 0.25) is 0 Å². The lowest BCUT2D eigenvalue weighted by Crippen LogP contribution is -2.41. The lowest BCUT2D eigenvalue weighted by molar-refractivity contribution is 0.0647. The van der Waals surface area contributed by atoms with Gasteiger partial charge in [-0.1, -0.05) is 24.3 Å². The van der Waals surface area contributed by atoms with Crippen LogP contribution in [0.15, 0.2) is 59.5 Å². The van der Waals surface area contributed by atoms with E-state index in [1.807, 2.05) is 36.4 Å². The maximum absolute atomic E-state index is 13.5. The summed E-state index contributed by atoms with van der Waals surface area (Å²) in [5, 5.41) is 13.2. The van der Waals surface area contributed by atoms with E-state index in [9.17, 15) is 4.79 Å². The summed E-state index contributed by atoms with van der Waals surface area (Å²) in [5.74, 6) is -0.186. The highest BCUT2D eigenvalue weighted by Crippen LogP contribution is 2.34. The predicted molar refractivity (Wildman–Crippen MR) is 113 cm³/mol. The highest BCUT2D eigenvalue weighted by Gasteiger charge is 2.37. The quantitative estimate of drug-likeness (QED) is 0.471. The number of pyridine rings is 1. The van der Waals surface area contributed by atoms with E-state index < -0.39 is 6.04 Å². The molecule has 0 fully saturated rings. The van der Waals surface area contributed by atoms with Gasteiger partial charge in [-0.05, 0) is 12.1 Å². The zero-order chi connectivity index (χ0) is 21.7. The van der Waals surface area contributed by atoms with Gasteiger partial charge >= 0.3 is 11.8 Å². The Bertz CT molecular complexity index is 1450. The van der Waals surface area contributed by atoms with Gasteiger partial charge in [0.1, 0.15) is 6.04 Å². The summed E-state index contributed by atoms with van der Waals surface area (Å²) >= 11 is 0. The molecule has 0 bridgehead atoms. The van der Waals surface area contributed by atoms with Crippen molar-refractivity contribution in [1.29, 1.82) is 0 Å². The third-order valence-electron chi connectivity index (χ3n) is 5.65. The van der Waals surface area contributed by atoms with Crippen molar-refractivity contribution in [2.75, 3.05) is 6.54 Å². The molecule has 0 radical (unpaired) electrons. The van der Waals surface area contributed by atoms with E-state index >= 15 is 0 Å². The van der Waals surface area contributed by atoms with E-state index in [1.165, 1.54) is 0 Å². The van der Waals surface area contributed by atoms with E-state index in [0.29, 0.717) is 18.5 Å². The van der Waals surface area contributed by atoms with Crippen LogP contribution < -0.4 is 0 Å². The number of carbonyl (C=O) groups is 1. The Morgan fingerprint density at radius 2 is 2.09 bits per heavy atom. The Labute approximate surface area is 181 Å². The molecule has 10 heteroatoms. The maximum Gasteiger partial charge on any atom is 0.312 e. The Morgan fingerprint density at radius 3 is 2.97 bits per heavy atom. The second kappa shape index (κ2) is 7.12. The summed E-state index contributed by atoms with van der Waals surface area (Å²) in [7, 11) is 1.79. The van der Waals surface area contributed by atoms with Gasteiger partial charge in [-0.25, -0.2) is 4.98 Å². The Balaban J connectivity index is 1.40. The molecule has 10 nitrogen and oxygen atoms in total. The molecule has 5 heterocycles. The molecule has 158 valence electrons. The molecule has 5 aromatic rings. The second-order valence-corrected chi connectivity index (χ2v) is 7.66. The third kappa shape index (κ3) is 2.96. The minimum absolute atomic E-state index is 0.0753. The molecule has 6 rings (SSSR count). The van der Waals surface area contributed by atoms with Crippen LogP contribution in [0.5, 0.6) is 0 Å². The fraction of sp³-hybridized carbons (Fsp3) is 0.182. The summed E-state index contributed by atoms with van der Waals surface area (Å²) in [6, 6.07) is 11.4. The minimum Gasteiger partial charge on any atom is -0.412 e. The zero-order valence-electron chi connectivity index (χ0n) is 17.1. The Morgan fingerprint density at radius 1 is 1.19 bits per heavy atom. The van der Waals surface area contributed by atoms with Gasteiger partial charge in [0, 0.05) is 37.3 Å². The lowest BCUT2D eigenvalue weighted by Gasteiger charge is -2.33. The third-order valence-corrected chi connectivity index (χ3v) is 5.65. The largest absolute Gasteiger partial charge is 0.412 e. The van der Waals surface area contributed by atoms with E-state index in [2.05, 4.69) is 25.3 Å². The Hall–Kier alpha value is -4.34. The molecule has 1 aliphatic heterocycles. The molecule has 0 aliphatic carbocycles. The number of amides is 1. The van der Waals surface area contributed by atoms with Gasteiger partial charge in [0.15, 0.2) is 0 Å². The number of fused-ring (bicyclic) bond motifs is 2. The molecule has 4 aromatic heterocycles. The van der Waals surface area contributed by atoms with Crippen molar-refractivity contribution in [3.05, 3.63) is 78.1 Å². The monoisotopic (exact) mass is 426 g/mol. The van der Waals surface area contributed by atoms with E-state index in [4.69, 9.17) is 9.40 Å². The van der Waals surface area contributed by atoms with Crippen LogP contribution in [0.1, 0.15) is 33.8 Å². The van der Waals surface area contributed by atoms with E-state index in [0.717, 1.165) is 28.0 Å². The molecule has 0 saturated carbocycles. The molecule has 32 heavy (non-hydrogen) atoms. The van der Waals surface area contributed by atoms with Crippen LogP contribution in [0.4, 0.5) is 0 Å². The second-order valence-electron chi connectivity index (χ2n) is 7.66. The average Bonchev–Trinajstić information content (AvgIpc) is 3.58. The average molecular weight is 426 g/mol. The van der Waals surface area contributed by atoms with Gasteiger partial charge in [0.25, 0.3) is 5.89 Å². The number of benzene rings is 1. The molecule has 0 spiro atoms. The zero-order valence-corrected chi connectivity index (χ0v) is 17.1. The first kappa shape index (κ1) is 18.4. The fourth-order valence-corrected chi connectivity index (χ4v) is 4.11. The van der Waals surface area contributed by atoms with Crippen molar-refractivity contribution in [2.24, 2.45) is 7.05 Å². The number of hydrogen-bond acceptors (Lipinski definition) is 7. The normalized spacial score (nSPS) is 15.8. The number of carbonyl (C=O) groups excluding carboxylic acids is 1. The van der Waals surface area contributed by atoms with Gasteiger partial charge in [-0.3, -0.25) is 14.5 Å². The van der Waals surface area contributed by atoms with Crippen molar-refractivity contribution >= 4 is 16.8 Å². The molecular weight excluding hydrogens is 408 g/mol. The number of nitrogens with zero attached hydrogens (tertiary/aromatic N) is 7. The standard InChI is InChI=1S/C22H18N8O2/c1-29-11-14(10-25-29)20-27-28-21(32-20)22(31)30-9-8-16-18(24-12-23-16)19(30)17-7-6-13-4-2-3-5-15(13)26-17/h2-7,10-12,19H,8-9H2,1H3,(H,23,24)/t19-/m1/s1. The van der Waals surface area contributed by atoms with Crippen LogP contribution in [0, 0.1) is 0 Å². The SMILES string of the molecule is Cn1cc(-c2nnc(C(=O)N3CCc4[nH]cnc4[C@H]3c3ccc4ccccc4n3)o2)cn1. The number of aryl methyl sites for hydroxylation is 1. The molecule has 1 aliphatic rings. The van der Waals surface area contributed by atoms with Gasteiger partial charge in [-0.2, -0.15) is 5.10 Å². The van der Waals surface area contributed by atoms with Crippen LogP contribution in [0.25, 0.3) is 22.4 Å². The first-order valence-electron chi connectivity index (χ1n) is 10.2. The number of para-hydroxylation sites is 1. The number of hydrogen-bond donors (Lipinski definition) is 1. The summed E-state index contributed by atoms with van der Waals surface area (Å²) in [4.78, 5) is 27.7. The summed E-state index contributed by atoms with van der Waals surface area (Å²) in [5.41, 5.74) is 4.02. The van der Waals surface area contributed by atoms with Crippen LogP contribution >= 0.6 is 0 Å². The number of aromatic nitrogens is 7. The van der Waals surface area contributed by atoms with Crippen molar-refractivity contribution in [2.45, 2.75) is 12.5 Å². The number of nitrogens with one attached hydrogen (secondary N) is 1. The Kier molecular flexibility index (Phi) is 4.10. The summed E-state index contributed by atoms with van der Waals surface area (Å²) < 4.78 is 7.34. The molecule has 0 saturated heterocycles. The summed E-state index contributed by atoms with van der Waals surface area (Å²) in [6.07, 6.45) is 5.66. The fourth-order valence-electron chi connectivity index (χ4n) is 4.11. The van der Waals surface area contributed by atoms with Gasteiger partial charge in [0.05, 0.1) is 35.0 Å². The topological polar surface area (TPSA) is 119 Å². The number of imidazole rings is 1. The molecule has 0 unspecified atom stereocenters. The van der Waals surface area contributed by atoms with Crippen molar-refractivity contribution < 1.29 is 9.21 Å². The molecular formula is C22H18N8O2. The van der Waals surface area contributed by atoms with Crippen LogP contribution in [-0.4, -0.2) is 52.3 Å². The first-order valence-corrected chi connectivity index (χ1v) is 10.2. The number of aromatic amines is 1. The molecule has 1 atom stereocenters. The van der Waals surface area contributed by atoms with Crippen molar-refractivity contribution in [1.82, 2.24) is 39.8 Å². The van der Waals surface area contributed by atoms with Crippen molar-refractivity contribution in [3.8, 4) is 11.5 Å².